The highest BCUT2D eigenvalue weighted by Crippen LogP contribution is 2.29. The third kappa shape index (κ3) is 3.85. The quantitative estimate of drug-likeness (QED) is 0.384. The molecule has 1 rings (SSSR count). The lowest BCUT2D eigenvalue weighted by atomic mass is 10.3. The van der Waals surface area contributed by atoms with Crippen LogP contribution < -0.4 is 5.73 Å². The molecule has 0 heterocycles. The molecule has 0 radical (unpaired) electrons. The molecule has 1 aromatic carbocycles. The van der Waals surface area contributed by atoms with Crippen molar-refractivity contribution >= 4 is 35.0 Å². The lowest BCUT2D eigenvalue weighted by molar-refractivity contribution is -0.134. The maximum atomic E-state index is 10.8. The number of ether oxygens (including phenoxy) is 1. The number of carbonyl (C=O) groups is 1. The first kappa shape index (κ1) is 11.9. The summed E-state index contributed by atoms with van der Waals surface area (Å²) in [6, 6.07) is 5.18. The van der Waals surface area contributed by atoms with Crippen LogP contribution in [0.4, 0.5) is 5.69 Å². The maximum Gasteiger partial charge on any atom is 0.330 e. The molecular weight excluding hydrogens is 234 g/mol. The van der Waals surface area contributed by atoms with Crippen LogP contribution >= 0.6 is 23.4 Å². The molecule has 0 saturated heterocycles. The average molecular weight is 244 g/mol. The van der Waals surface area contributed by atoms with E-state index < -0.39 is 5.97 Å². The van der Waals surface area contributed by atoms with Crippen molar-refractivity contribution in [2.45, 2.75) is 4.90 Å². The smallest absolute Gasteiger partial charge is 0.330 e. The monoisotopic (exact) mass is 243 g/mol. The van der Waals surface area contributed by atoms with Gasteiger partial charge in [-0.1, -0.05) is 23.4 Å². The Morgan fingerprint density at radius 1 is 1.60 bits per heavy atom. The predicted octanol–water partition coefficient (Wildman–Crippen LogP) is 2.70. The van der Waals surface area contributed by atoms with E-state index in [9.17, 15) is 4.79 Å². The molecule has 0 amide bonds. The summed E-state index contributed by atoms with van der Waals surface area (Å²) in [7, 11) is 1.32. The summed E-state index contributed by atoms with van der Waals surface area (Å²) in [6.45, 7) is 0. The molecule has 80 valence electrons. The van der Waals surface area contributed by atoms with Crippen molar-refractivity contribution in [1.82, 2.24) is 0 Å². The number of anilines is 1. The number of benzene rings is 1. The molecule has 0 aromatic heterocycles. The maximum absolute atomic E-state index is 10.8. The molecule has 0 aliphatic rings. The number of nitrogen functional groups attached to an aromatic ring is 1. The molecule has 0 atom stereocenters. The van der Waals surface area contributed by atoms with Gasteiger partial charge in [0, 0.05) is 16.7 Å². The minimum Gasteiger partial charge on any atom is -0.466 e. The van der Waals surface area contributed by atoms with Crippen molar-refractivity contribution < 1.29 is 9.53 Å². The van der Waals surface area contributed by atoms with E-state index in [0.29, 0.717) is 10.7 Å². The number of thioether (sulfide) groups is 1. The van der Waals surface area contributed by atoms with Gasteiger partial charge in [-0.3, -0.25) is 0 Å². The van der Waals surface area contributed by atoms with E-state index in [-0.39, 0.29) is 0 Å². The largest absolute Gasteiger partial charge is 0.466 e. The standard InChI is InChI=1S/C10H10ClNO2S/c1-14-10(13)4-5-15-9-6-7(12)2-3-8(9)11/h2-6H,12H2,1H3. The number of halogens is 1. The topological polar surface area (TPSA) is 52.3 Å². The number of methoxy groups -OCH3 is 1. The van der Waals surface area contributed by atoms with Gasteiger partial charge in [0.25, 0.3) is 0 Å². The van der Waals surface area contributed by atoms with Gasteiger partial charge >= 0.3 is 5.97 Å². The molecule has 1 aromatic rings. The Bertz CT molecular complexity index is 393. The summed E-state index contributed by atoms with van der Waals surface area (Å²) >= 11 is 7.23. The van der Waals surface area contributed by atoms with Crippen LogP contribution in [0, 0.1) is 0 Å². The summed E-state index contributed by atoms with van der Waals surface area (Å²) in [5.74, 6) is -0.400. The van der Waals surface area contributed by atoms with Gasteiger partial charge in [-0.25, -0.2) is 4.79 Å². The molecule has 0 aliphatic carbocycles. The average Bonchev–Trinajstić information content (AvgIpc) is 2.23. The fourth-order valence-corrected chi connectivity index (χ4v) is 1.80. The van der Waals surface area contributed by atoms with Crippen molar-refractivity contribution in [3.63, 3.8) is 0 Å². The van der Waals surface area contributed by atoms with Crippen molar-refractivity contribution in [3.05, 3.63) is 34.7 Å². The highest BCUT2D eigenvalue weighted by Gasteiger charge is 1.99. The van der Waals surface area contributed by atoms with Gasteiger partial charge in [0.1, 0.15) is 0 Å². The highest BCUT2D eigenvalue weighted by molar-refractivity contribution is 8.02. The van der Waals surface area contributed by atoms with Gasteiger partial charge in [0.2, 0.25) is 0 Å². The number of nitrogens with two attached hydrogens (primary N) is 1. The number of rotatable bonds is 3. The number of hydrogen-bond donors (Lipinski definition) is 1. The van der Waals surface area contributed by atoms with E-state index in [1.807, 2.05) is 0 Å². The lowest BCUT2D eigenvalue weighted by Gasteiger charge is -2.01. The third-order valence-electron chi connectivity index (χ3n) is 1.56. The molecule has 3 nitrogen and oxygen atoms in total. The molecule has 2 N–H and O–H groups in total. The Balaban J connectivity index is 2.68. The Labute approximate surface area is 97.2 Å². The van der Waals surface area contributed by atoms with E-state index in [1.54, 1.807) is 23.6 Å². The second kappa shape index (κ2) is 5.68. The summed E-state index contributed by atoms with van der Waals surface area (Å²) in [5, 5.41) is 2.20. The molecule has 0 bridgehead atoms. The van der Waals surface area contributed by atoms with Crippen molar-refractivity contribution in [2.24, 2.45) is 0 Å². The predicted molar refractivity (Wildman–Crippen MR) is 62.9 cm³/mol. The van der Waals surface area contributed by atoms with Crippen LogP contribution in [0.1, 0.15) is 0 Å². The molecule has 0 saturated carbocycles. The van der Waals surface area contributed by atoms with Gasteiger partial charge in [-0.2, -0.15) is 0 Å². The number of esters is 1. The first-order chi connectivity index (χ1) is 7.13. The molecule has 0 unspecified atom stereocenters. The first-order valence-corrected chi connectivity index (χ1v) is 5.35. The van der Waals surface area contributed by atoms with Crippen LogP contribution in [0.5, 0.6) is 0 Å². The lowest BCUT2D eigenvalue weighted by Crippen LogP contribution is -1.92. The van der Waals surface area contributed by atoms with E-state index in [2.05, 4.69) is 4.74 Å². The Kier molecular flexibility index (Phi) is 4.52. The van der Waals surface area contributed by atoms with Crippen LogP contribution in [-0.2, 0) is 9.53 Å². The Morgan fingerprint density at radius 3 is 3.00 bits per heavy atom. The molecule has 0 fully saturated rings. The van der Waals surface area contributed by atoms with Crippen LogP contribution in [-0.4, -0.2) is 13.1 Å². The number of hydrogen-bond acceptors (Lipinski definition) is 4. The van der Waals surface area contributed by atoms with Gasteiger partial charge in [0.05, 0.1) is 12.1 Å². The number of carbonyl (C=O) groups excluding carboxylic acids is 1. The van der Waals surface area contributed by atoms with Crippen molar-refractivity contribution in [1.29, 1.82) is 0 Å². The zero-order valence-corrected chi connectivity index (χ0v) is 9.64. The normalized spacial score (nSPS) is 10.5. The van der Waals surface area contributed by atoms with Gasteiger partial charge < -0.3 is 10.5 Å². The molecular formula is C10H10ClNO2S. The van der Waals surface area contributed by atoms with Crippen molar-refractivity contribution in [2.75, 3.05) is 12.8 Å². The van der Waals surface area contributed by atoms with E-state index in [4.69, 9.17) is 17.3 Å². The zero-order chi connectivity index (χ0) is 11.3. The van der Waals surface area contributed by atoms with Crippen LogP contribution in [0.15, 0.2) is 34.6 Å². The SMILES string of the molecule is COC(=O)C=CSc1cc(N)ccc1Cl. The minimum atomic E-state index is -0.400. The molecule has 15 heavy (non-hydrogen) atoms. The third-order valence-corrected chi connectivity index (χ3v) is 2.86. The van der Waals surface area contributed by atoms with E-state index in [0.717, 1.165) is 4.90 Å². The zero-order valence-electron chi connectivity index (χ0n) is 8.07. The second-order valence-electron chi connectivity index (χ2n) is 2.63. The fourth-order valence-electron chi connectivity index (χ4n) is 0.841. The molecule has 0 spiro atoms. The van der Waals surface area contributed by atoms with Crippen LogP contribution in [0.2, 0.25) is 5.02 Å². The fraction of sp³-hybridized carbons (Fsp3) is 0.100. The summed E-state index contributed by atoms with van der Waals surface area (Å²) in [5.41, 5.74) is 6.23. The van der Waals surface area contributed by atoms with Crippen LogP contribution in [0.25, 0.3) is 0 Å². The molecule has 5 heteroatoms. The summed E-state index contributed by atoms with van der Waals surface area (Å²) in [4.78, 5) is 11.6. The first-order valence-electron chi connectivity index (χ1n) is 4.09. The minimum absolute atomic E-state index is 0.400. The van der Waals surface area contributed by atoms with Gasteiger partial charge in [-0.15, -0.1) is 0 Å². The Hall–Kier alpha value is -1.13. The van der Waals surface area contributed by atoms with Crippen molar-refractivity contribution in [3.8, 4) is 0 Å². The van der Waals surface area contributed by atoms with Gasteiger partial charge in [-0.05, 0) is 23.6 Å². The summed E-state index contributed by atoms with van der Waals surface area (Å²) < 4.78 is 4.45. The van der Waals surface area contributed by atoms with E-state index in [1.165, 1.54) is 24.9 Å². The van der Waals surface area contributed by atoms with Crippen LogP contribution in [0.3, 0.4) is 0 Å². The summed E-state index contributed by atoms with van der Waals surface area (Å²) in [6.07, 6.45) is 1.32. The molecule has 0 aliphatic heterocycles. The Morgan fingerprint density at radius 2 is 2.33 bits per heavy atom. The van der Waals surface area contributed by atoms with E-state index >= 15 is 0 Å². The van der Waals surface area contributed by atoms with Gasteiger partial charge in [0.15, 0.2) is 0 Å². The highest BCUT2D eigenvalue weighted by atomic mass is 35.5. The second-order valence-corrected chi connectivity index (χ2v) is 3.99.